The van der Waals surface area contributed by atoms with Gasteiger partial charge < -0.3 is 9.42 Å². The highest BCUT2D eigenvalue weighted by Crippen LogP contribution is 2.39. The minimum atomic E-state index is -0.291. The van der Waals surface area contributed by atoms with Crippen molar-refractivity contribution in [2.45, 2.75) is 37.5 Å². The molecule has 2 aliphatic rings. The van der Waals surface area contributed by atoms with Crippen LogP contribution in [0, 0.1) is 5.82 Å². The van der Waals surface area contributed by atoms with Crippen molar-refractivity contribution in [3.8, 4) is 0 Å². The van der Waals surface area contributed by atoms with Gasteiger partial charge in [0.15, 0.2) is 5.58 Å². The molecule has 3 heterocycles. The summed E-state index contributed by atoms with van der Waals surface area (Å²) in [5.41, 5.74) is 1.48. The van der Waals surface area contributed by atoms with Crippen LogP contribution in [-0.4, -0.2) is 28.2 Å². The summed E-state index contributed by atoms with van der Waals surface area (Å²) < 4.78 is 18.6. The quantitative estimate of drug-likeness (QED) is 0.722. The molecule has 6 heteroatoms. The molecule has 0 radical (unpaired) electrons. The fraction of sp³-hybridized carbons (Fsp3) is 0.421. The molecule has 0 spiro atoms. The van der Waals surface area contributed by atoms with Gasteiger partial charge in [0.2, 0.25) is 0 Å². The lowest BCUT2D eigenvalue weighted by molar-refractivity contribution is 0.416. The Morgan fingerprint density at radius 1 is 1.04 bits per heavy atom. The van der Waals surface area contributed by atoms with Crippen LogP contribution in [0.25, 0.3) is 11.0 Å². The third kappa shape index (κ3) is 2.75. The monoisotopic (exact) mass is 338 g/mol. The normalized spacial score (nSPS) is 18.8. The van der Waals surface area contributed by atoms with E-state index in [9.17, 15) is 4.39 Å². The minimum Gasteiger partial charge on any atom is -0.356 e. The van der Waals surface area contributed by atoms with E-state index >= 15 is 0 Å². The smallest absolute Gasteiger partial charge is 0.170 e. The highest BCUT2D eigenvalue weighted by Gasteiger charge is 2.29. The number of piperidine rings is 1. The third-order valence-electron chi connectivity index (χ3n) is 5.27. The van der Waals surface area contributed by atoms with E-state index in [-0.39, 0.29) is 5.82 Å². The van der Waals surface area contributed by atoms with Gasteiger partial charge in [0.25, 0.3) is 0 Å². The second kappa shape index (κ2) is 5.79. The van der Waals surface area contributed by atoms with E-state index < -0.39 is 0 Å². The molecule has 1 saturated carbocycles. The first-order valence-corrected chi connectivity index (χ1v) is 8.90. The van der Waals surface area contributed by atoms with Gasteiger partial charge in [-0.25, -0.2) is 14.4 Å². The van der Waals surface area contributed by atoms with Crippen molar-refractivity contribution >= 4 is 16.8 Å². The van der Waals surface area contributed by atoms with Gasteiger partial charge in [-0.05, 0) is 43.9 Å². The van der Waals surface area contributed by atoms with Crippen LogP contribution in [-0.2, 0) is 0 Å². The highest BCUT2D eigenvalue weighted by atomic mass is 19.1. The standard InChI is InChI=1S/C19H19FN4O/c20-14-3-4-15-16(11-14)25-23-18(15)12-6-9-24(10-7-12)17-5-8-21-19(22-17)13-1-2-13/h3-5,8,11-13H,1-2,6-7,9-10H2. The topological polar surface area (TPSA) is 55.1 Å². The second-order valence-electron chi connectivity index (χ2n) is 7.02. The zero-order chi connectivity index (χ0) is 16.8. The molecular weight excluding hydrogens is 319 g/mol. The zero-order valence-corrected chi connectivity index (χ0v) is 13.9. The van der Waals surface area contributed by atoms with E-state index in [1.165, 1.54) is 25.0 Å². The van der Waals surface area contributed by atoms with Crippen LogP contribution in [0.2, 0.25) is 0 Å². The number of anilines is 1. The van der Waals surface area contributed by atoms with Crippen LogP contribution < -0.4 is 4.90 Å². The molecule has 0 unspecified atom stereocenters. The van der Waals surface area contributed by atoms with Gasteiger partial charge in [0.05, 0.1) is 5.69 Å². The minimum absolute atomic E-state index is 0.291. The highest BCUT2D eigenvalue weighted by molar-refractivity contribution is 5.80. The van der Waals surface area contributed by atoms with Crippen LogP contribution in [0.1, 0.15) is 49.0 Å². The molecule has 1 aliphatic carbocycles. The number of fused-ring (bicyclic) bond motifs is 1. The van der Waals surface area contributed by atoms with Crippen LogP contribution in [0.4, 0.5) is 10.2 Å². The Bertz CT molecular complexity index is 913. The molecule has 2 aromatic heterocycles. The van der Waals surface area contributed by atoms with Crippen molar-refractivity contribution in [1.82, 2.24) is 15.1 Å². The van der Waals surface area contributed by atoms with Crippen molar-refractivity contribution in [2.24, 2.45) is 0 Å². The van der Waals surface area contributed by atoms with Gasteiger partial charge >= 0.3 is 0 Å². The van der Waals surface area contributed by atoms with Crippen molar-refractivity contribution < 1.29 is 8.91 Å². The summed E-state index contributed by atoms with van der Waals surface area (Å²) in [7, 11) is 0. The molecule has 2 fully saturated rings. The summed E-state index contributed by atoms with van der Waals surface area (Å²) >= 11 is 0. The molecule has 25 heavy (non-hydrogen) atoms. The SMILES string of the molecule is Fc1ccc2c(C3CCN(c4ccnc(C5CC5)n4)CC3)noc2c1. The molecule has 5 nitrogen and oxygen atoms in total. The summed E-state index contributed by atoms with van der Waals surface area (Å²) in [6.07, 6.45) is 6.28. The van der Waals surface area contributed by atoms with E-state index in [0.717, 1.165) is 48.7 Å². The molecule has 3 aromatic rings. The van der Waals surface area contributed by atoms with E-state index in [1.54, 1.807) is 6.07 Å². The molecule has 1 aliphatic heterocycles. The van der Waals surface area contributed by atoms with Gasteiger partial charge in [-0.15, -0.1) is 0 Å². The summed E-state index contributed by atoms with van der Waals surface area (Å²) in [6.45, 7) is 1.86. The van der Waals surface area contributed by atoms with Gasteiger partial charge in [-0.1, -0.05) is 5.16 Å². The van der Waals surface area contributed by atoms with Crippen LogP contribution in [0.3, 0.4) is 0 Å². The molecule has 5 rings (SSSR count). The first-order chi connectivity index (χ1) is 12.3. The lowest BCUT2D eigenvalue weighted by Gasteiger charge is -2.32. The fourth-order valence-electron chi connectivity index (χ4n) is 3.69. The van der Waals surface area contributed by atoms with Crippen molar-refractivity contribution in [3.63, 3.8) is 0 Å². The predicted octanol–water partition coefficient (Wildman–Crippen LogP) is 4.02. The van der Waals surface area contributed by atoms with E-state index in [1.807, 2.05) is 12.3 Å². The van der Waals surface area contributed by atoms with E-state index in [2.05, 4.69) is 15.0 Å². The van der Waals surface area contributed by atoms with Gasteiger partial charge in [-0.3, -0.25) is 0 Å². The summed E-state index contributed by atoms with van der Waals surface area (Å²) in [4.78, 5) is 11.5. The Hall–Kier alpha value is -2.50. The maximum atomic E-state index is 13.3. The summed E-state index contributed by atoms with van der Waals surface area (Å²) in [6, 6.07) is 6.65. The first-order valence-electron chi connectivity index (χ1n) is 8.90. The molecule has 0 amide bonds. The van der Waals surface area contributed by atoms with Crippen LogP contribution in [0.15, 0.2) is 35.0 Å². The number of rotatable bonds is 3. The fourth-order valence-corrected chi connectivity index (χ4v) is 3.69. The lowest BCUT2D eigenvalue weighted by Crippen LogP contribution is -2.33. The number of nitrogens with zero attached hydrogens (tertiary/aromatic N) is 4. The average Bonchev–Trinajstić information content (AvgIpc) is 3.42. The molecule has 0 bridgehead atoms. The molecule has 1 saturated heterocycles. The number of hydrogen-bond donors (Lipinski definition) is 0. The maximum absolute atomic E-state index is 13.3. The third-order valence-corrected chi connectivity index (χ3v) is 5.27. The van der Waals surface area contributed by atoms with Gasteiger partial charge in [0, 0.05) is 42.6 Å². The summed E-state index contributed by atoms with van der Waals surface area (Å²) in [5, 5.41) is 5.15. The largest absolute Gasteiger partial charge is 0.356 e. The molecule has 0 atom stereocenters. The lowest BCUT2D eigenvalue weighted by atomic mass is 9.91. The Balaban J connectivity index is 1.33. The number of aromatic nitrogens is 3. The van der Waals surface area contributed by atoms with E-state index in [0.29, 0.717) is 17.4 Å². The zero-order valence-electron chi connectivity index (χ0n) is 13.9. The van der Waals surface area contributed by atoms with Crippen molar-refractivity contribution in [3.05, 3.63) is 47.8 Å². The predicted molar refractivity (Wildman–Crippen MR) is 92.2 cm³/mol. The Morgan fingerprint density at radius 2 is 1.88 bits per heavy atom. The average molecular weight is 338 g/mol. The van der Waals surface area contributed by atoms with Crippen molar-refractivity contribution in [2.75, 3.05) is 18.0 Å². The van der Waals surface area contributed by atoms with Crippen LogP contribution in [0.5, 0.6) is 0 Å². The molecular formula is C19H19FN4O. The maximum Gasteiger partial charge on any atom is 0.170 e. The van der Waals surface area contributed by atoms with Gasteiger partial charge in [0.1, 0.15) is 17.5 Å². The molecule has 0 N–H and O–H groups in total. The Labute approximate surface area is 144 Å². The molecule has 1 aromatic carbocycles. The Morgan fingerprint density at radius 3 is 2.68 bits per heavy atom. The Kier molecular flexibility index (Phi) is 3.43. The molecule has 128 valence electrons. The number of hydrogen-bond acceptors (Lipinski definition) is 5. The second-order valence-corrected chi connectivity index (χ2v) is 7.02. The van der Waals surface area contributed by atoms with Gasteiger partial charge in [-0.2, -0.15) is 0 Å². The van der Waals surface area contributed by atoms with Crippen molar-refractivity contribution in [1.29, 1.82) is 0 Å². The first kappa shape index (κ1) is 14.8. The number of halogens is 1. The summed E-state index contributed by atoms with van der Waals surface area (Å²) in [5.74, 6) is 2.64. The number of benzene rings is 1. The van der Waals surface area contributed by atoms with Crippen LogP contribution >= 0.6 is 0 Å². The van der Waals surface area contributed by atoms with E-state index in [4.69, 9.17) is 9.51 Å².